The Morgan fingerprint density at radius 1 is 1.76 bits per heavy atom. The van der Waals surface area contributed by atoms with Crippen LogP contribution in [0, 0.1) is 11.8 Å². The zero-order chi connectivity index (χ0) is 14.6. The summed E-state index contributed by atoms with van der Waals surface area (Å²) in [5.74, 6) is -2.64. The van der Waals surface area contributed by atoms with Crippen LogP contribution in [0.3, 0.4) is 0 Å². The zero-order valence-electron chi connectivity index (χ0n) is 13.1. The third-order valence-corrected chi connectivity index (χ3v) is 2.73. The summed E-state index contributed by atoms with van der Waals surface area (Å²) in [4.78, 5) is 14.7. The molecule has 0 aliphatic carbocycles. The van der Waals surface area contributed by atoms with Crippen molar-refractivity contribution in [3.05, 3.63) is 18.2 Å². The molecule has 2 atom stereocenters. The van der Waals surface area contributed by atoms with E-state index < -0.39 is 24.8 Å². The van der Waals surface area contributed by atoms with Crippen LogP contribution < -0.4 is 34.7 Å². The molecule has 0 aromatic carbocycles. The van der Waals surface area contributed by atoms with Crippen LogP contribution in [-0.2, 0) is 18.2 Å². The number of imidazole rings is 1. The summed E-state index contributed by atoms with van der Waals surface area (Å²) in [5.41, 5.74) is 0.374. The Morgan fingerprint density at radius 2 is 2.47 bits per heavy atom. The van der Waals surface area contributed by atoms with Gasteiger partial charge in [0.05, 0.1) is 6.33 Å². The normalized spacial score (nSPS) is 17.2. The van der Waals surface area contributed by atoms with Gasteiger partial charge in [-0.2, -0.15) is 0 Å². The third kappa shape index (κ3) is 4.43. The minimum absolute atomic E-state index is 0. The topological polar surface area (TPSA) is 78.2 Å². The van der Waals surface area contributed by atoms with Crippen molar-refractivity contribution >= 4 is 5.97 Å². The van der Waals surface area contributed by atoms with Gasteiger partial charge >= 0.3 is 29.6 Å². The van der Waals surface area contributed by atoms with E-state index in [0.717, 1.165) is 4.57 Å². The van der Waals surface area contributed by atoms with E-state index in [0.29, 0.717) is 12.1 Å². The molecule has 0 spiro atoms. The fourth-order valence-corrected chi connectivity index (χ4v) is 1.77. The van der Waals surface area contributed by atoms with Gasteiger partial charge in [-0.25, -0.2) is 4.98 Å². The summed E-state index contributed by atoms with van der Waals surface area (Å²) < 4.78 is 23.0. The van der Waals surface area contributed by atoms with Crippen molar-refractivity contribution < 1.29 is 48.7 Å². The quantitative estimate of drug-likeness (QED) is 0.529. The molecule has 1 rings (SSSR count). The first-order valence-corrected chi connectivity index (χ1v) is 5.14. The second-order valence-electron chi connectivity index (χ2n) is 3.74. The molecule has 5 nitrogen and oxygen atoms in total. The maximum atomic E-state index is 11.0. The van der Waals surface area contributed by atoms with Crippen molar-refractivity contribution in [3.63, 3.8) is 0 Å². The summed E-state index contributed by atoms with van der Waals surface area (Å²) in [7, 11) is 0. The Hall–Kier alpha value is -0.360. The van der Waals surface area contributed by atoms with Crippen LogP contribution in [0.2, 0.25) is 0 Å². The van der Waals surface area contributed by atoms with Gasteiger partial charge in [0, 0.05) is 41.5 Å². The van der Waals surface area contributed by atoms with Crippen molar-refractivity contribution in [2.24, 2.45) is 18.8 Å². The number of carboxylic acids is 1. The van der Waals surface area contributed by atoms with Crippen molar-refractivity contribution in [2.75, 3.05) is 6.61 Å². The molecule has 0 radical (unpaired) electrons. The van der Waals surface area contributed by atoms with Gasteiger partial charge in [0.25, 0.3) is 0 Å². The molecule has 0 saturated carbocycles. The Labute approximate surface area is 127 Å². The number of nitrogens with zero attached hydrogens (tertiary/aromatic N) is 2. The van der Waals surface area contributed by atoms with Gasteiger partial charge in [-0.05, 0) is 18.8 Å². The van der Waals surface area contributed by atoms with E-state index >= 15 is 0 Å². The van der Waals surface area contributed by atoms with Gasteiger partial charge in [-0.15, -0.1) is 0 Å². The molecular formula is C11H17N2NaO3. The van der Waals surface area contributed by atoms with Gasteiger partial charge < -0.3 is 19.6 Å². The predicted molar refractivity (Wildman–Crippen MR) is 56.3 cm³/mol. The van der Waals surface area contributed by atoms with Crippen molar-refractivity contribution in [1.29, 1.82) is 0 Å². The average molecular weight is 251 g/mol. The summed E-state index contributed by atoms with van der Waals surface area (Å²) in [6.07, 6.45) is 2.99. The number of hydrogen-bond acceptors (Lipinski definition) is 4. The monoisotopic (exact) mass is 251 g/mol. The van der Waals surface area contributed by atoms with E-state index in [1.807, 2.05) is 0 Å². The molecule has 0 fully saturated rings. The number of carbonyl (C=O) groups is 1. The van der Waals surface area contributed by atoms with E-state index in [9.17, 15) is 15.0 Å². The molecule has 90 valence electrons. The van der Waals surface area contributed by atoms with E-state index in [2.05, 4.69) is 4.98 Å². The summed E-state index contributed by atoms with van der Waals surface area (Å²) in [5, 5.41) is 20.3. The van der Waals surface area contributed by atoms with E-state index in [4.69, 9.17) is 4.11 Å². The number of aromatic nitrogens is 2. The van der Waals surface area contributed by atoms with Crippen LogP contribution >= 0.6 is 0 Å². The Kier molecular flexibility index (Phi) is 5.42. The maximum Gasteiger partial charge on any atom is 1.00 e. The minimum atomic E-state index is -2.37. The summed E-state index contributed by atoms with van der Waals surface area (Å²) in [6.45, 7) is -1.03. The zero-order valence-corrected chi connectivity index (χ0v) is 12.1. The summed E-state index contributed by atoms with van der Waals surface area (Å²) in [6, 6.07) is 0. The first-order valence-electron chi connectivity index (χ1n) is 6.64. The number of aliphatic hydroxyl groups is 1. The number of aryl methyl sites for hydroxylation is 1. The molecule has 0 bridgehead atoms. The molecule has 0 aliphatic heterocycles. The number of carboxylic acid groups (broad SMARTS) is 1. The molecule has 6 heteroatoms. The van der Waals surface area contributed by atoms with Crippen LogP contribution in [0.4, 0.5) is 0 Å². The first-order chi connectivity index (χ1) is 8.81. The number of aliphatic carboxylic acids is 1. The SMILES string of the molecule is [2H]C([2H])([2H])n1cncc1C[C@@H](CO)[C@@H](CC)C(=O)[O-].[Na+]. The molecule has 0 amide bonds. The third-order valence-electron chi connectivity index (χ3n) is 2.73. The fraction of sp³-hybridized carbons (Fsp3) is 0.636. The number of carbonyl (C=O) groups excluding carboxylic acids is 1. The molecule has 0 unspecified atom stereocenters. The Bertz CT molecular complexity index is 437. The first kappa shape index (κ1) is 11.7. The average Bonchev–Trinajstić information content (AvgIpc) is 2.75. The van der Waals surface area contributed by atoms with Crippen molar-refractivity contribution in [1.82, 2.24) is 9.55 Å². The Morgan fingerprint density at radius 3 is 2.94 bits per heavy atom. The van der Waals surface area contributed by atoms with Gasteiger partial charge in [0.15, 0.2) is 0 Å². The second kappa shape index (κ2) is 7.87. The van der Waals surface area contributed by atoms with Crippen molar-refractivity contribution in [3.8, 4) is 0 Å². The number of rotatable bonds is 6. The van der Waals surface area contributed by atoms with Gasteiger partial charge in [-0.3, -0.25) is 0 Å². The molecule has 1 N–H and O–H groups in total. The second-order valence-corrected chi connectivity index (χ2v) is 3.74. The standard InChI is InChI=1S/C11H18N2O3.Na/c1-3-10(11(15)16)8(6-14)4-9-5-12-7-13(9)2;/h5,7-8,10,14H,3-4,6H2,1-2H3,(H,15,16);/q;+1/p-1/t8-,10+;/m0./s1/i2D3;. The molecule has 0 aliphatic rings. The fourth-order valence-electron chi connectivity index (χ4n) is 1.77. The van der Waals surface area contributed by atoms with Crippen LogP contribution in [0.25, 0.3) is 0 Å². The molecule has 1 aromatic heterocycles. The number of aliphatic hydroxyl groups excluding tert-OH is 1. The molecule has 1 aromatic rings. The molecular weight excluding hydrogens is 231 g/mol. The van der Waals surface area contributed by atoms with Crippen LogP contribution in [0.15, 0.2) is 12.5 Å². The molecule has 17 heavy (non-hydrogen) atoms. The van der Waals surface area contributed by atoms with Crippen LogP contribution in [0.1, 0.15) is 23.2 Å². The van der Waals surface area contributed by atoms with Crippen molar-refractivity contribution in [2.45, 2.75) is 19.8 Å². The van der Waals surface area contributed by atoms with Gasteiger partial charge in [0.2, 0.25) is 0 Å². The maximum absolute atomic E-state index is 11.0. The molecule has 1 heterocycles. The summed E-state index contributed by atoms with van der Waals surface area (Å²) >= 11 is 0. The Balaban J connectivity index is 0.00000361. The van der Waals surface area contributed by atoms with Gasteiger partial charge in [-0.1, -0.05) is 6.92 Å². The largest absolute Gasteiger partial charge is 1.00 e. The number of hydrogen-bond donors (Lipinski definition) is 1. The minimum Gasteiger partial charge on any atom is -0.550 e. The predicted octanol–water partition coefficient (Wildman–Crippen LogP) is -3.65. The smallest absolute Gasteiger partial charge is 0.550 e. The molecule has 0 saturated heterocycles. The van der Waals surface area contributed by atoms with Crippen LogP contribution in [-0.4, -0.2) is 27.2 Å². The van der Waals surface area contributed by atoms with Crippen LogP contribution in [0.5, 0.6) is 0 Å². The van der Waals surface area contributed by atoms with E-state index in [-0.39, 0.29) is 42.6 Å². The van der Waals surface area contributed by atoms with E-state index in [1.165, 1.54) is 12.5 Å². The van der Waals surface area contributed by atoms with Gasteiger partial charge in [0.1, 0.15) is 0 Å². The van der Waals surface area contributed by atoms with E-state index in [1.54, 1.807) is 6.92 Å².